The number of carboxylic acids is 1. The molecule has 4 heteroatoms. The molecule has 1 aliphatic rings. The molecule has 0 fully saturated rings. The molecule has 0 atom stereocenters. The molecule has 0 saturated carbocycles. The van der Waals surface area contributed by atoms with Gasteiger partial charge in [-0.15, -0.1) is 0 Å². The number of carbonyl (C=O) groups is 2. The quantitative estimate of drug-likeness (QED) is 0.733. The lowest BCUT2D eigenvalue weighted by Gasteiger charge is -2.09. The van der Waals surface area contributed by atoms with Gasteiger partial charge in [0.05, 0.1) is 5.56 Å². The third-order valence-electron chi connectivity index (χ3n) is 3.43. The van der Waals surface area contributed by atoms with Gasteiger partial charge < -0.3 is 10.8 Å². The number of nitrogens with two attached hydrogens (primary N) is 1. The lowest BCUT2D eigenvalue weighted by atomic mass is 9.95. The van der Waals surface area contributed by atoms with Crippen LogP contribution < -0.4 is 5.73 Å². The lowest BCUT2D eigenvalue weighted by molar-refractivity contribution is 0.0697. The molecular weight excluding hydrogens is 242 g/mol. The first-order valence-electron chi connectivity index (χ1n) is 5.87. The highest BCUT2D eigenvalue weighted by molar-refractivity contribution is 6.06. The zero-order valence-corrected chi connectivity index (χ0v) is 10.0. The minimum atomic E-state index is -0.996. The van der Waals surface area contributed by atoms with Gasteiger partial charge in [-0.3, -0.25) is 4.79 Å². The van der Waals surface area contributed by atoms with Crippen LogP contribution in [-0.4, -0.2) is 17.0 Å². The molecule has 0 radical (unpaired) electrons. The average Bonchev–Trinajstić information content (AvgIpc) is 2.76. The van der Waals surface area contributed by atoms with E-state index in [-0.39, 0.29) is 5.56 Å². The van der Waals surface area contributed by atoms with Gasteiger partial charge >= 0.3 is 5.97 Å². The summed E-state index contributed by atoms with van der Waals surface area (Å²) < 4.78 is 0. The maximum atomic E-state index is 11.5. The lowest BCUT2D eigenvalue weighted by Crippen LogP contribution is -2.13. The number of hydrogen-bond acceptors (Lipinski definition) is 2. The Hall–Kier alpha value is -2.62. The van der Waals surface area contributed by atoms with E-state index >= 15 is 0 Å². The van der Waals surface area contributed by atoms with Crippen LogP contribution in [-0.2, 0) is 6.42 Å². The van der Waals surface area contributed by atoms with Crippen molar-refractivity contribution in [2.24, 2.45) is 5.73 Å². The molecule has 2 aromatic rings. The summed E-state index contributed by atoms with van der Waals surface area (Å²) in [4.78, 5) is 22.9. The summed E-state index contributed by atoms with van der Waals surface area (Å²) in [6.07, 6.45) is 0.632. The van der Waals surface area contributed by atoms with E-state index in [4.69, 9.17) is 5.73 Å². The van der Waals surface area contributed by atoms with E-state index in [1.54, 1.807) is 24.3 Å². The molecule has 2 aromatic carbocycles. The zero-order valence-electron chi connectivity index (χ0n) is 10.0. The first-order chi connectivity index (χ1) is 9.09. The van der Waals surface area contributed by atoms with Crippen LogP contribution in [0.1, 0.15) is 31.8 Å². The van der Waals surface area contributed by atoms with Gasteiger partial charge in [-0.1, -0.05) is 24.3 Å². The highest BCUT2D eigenvalue weighted by Gasteiger charge is 2.27. The smallest absolute Gasteiger partial charge is 0.336 e. The number of carboxylic acid groups (broad SMARTS) is 1. The van der Waals surface area contributed by atoms with Crippen LogP contribution in [0.2, 0.25) is 0 Å². The number of aromatic carboxylic acids is 1. The second-order valence-electron chi connectivity index (χ2n) is 4.53. The van der Waals surface area contributed by atoms with Gasteiger partial charge in [0.15, 0.2) is 0 Å². The Bertz CT molecular complexity index is 658. The second kappa shape index (κ2) is 3.95. The minimum absolute atomic E-state index is 0.213. The van der Waals surface area contributed by atoms with Gasteiger partial charge in [-0.05, 0) is 35.2 Å². The molecule has 0 unspecified atom stereocenters. The highest BCUT2D eigenvalue weighted by Crippen LogP contribution is 2.41. The Labute approximate surface area is 109 Å². The van der Waals surface area contributed by atoms with Crippen LogP contribution in [0.5, 0.6) is 0 Å². The fourth-order valence-corrected chi connectivity index (χ4v) is 2.67. The summed E-state index contributed by atoms with van der Waals surface area (Å²) in [7, 11) is 0. The molecule has 19 heavy (non-hydrogen) atoms. The van der Waals surface area contributed by atoms with Crippen molar-refractivity contribution in [2.75, 3.05) is 0 Å². The van der Waals surface area contributed by atoms with Crippen LogP contribution in [0.3, 0.4) is 0 Å². The van der Waals surface area contributed by atoms with Crippen molar-refractivity contribution in [1.29, 1.82) is 0 Å². The first kappa shape index (κ1) is 11.5. The molecule has 0 aromatic heterocycles. The minimum Gasteiger partial charge on any atom is -0.478 e. The highest BCUT2D eigenvalue weighted by atomic mass is 16.4. The molecule has 1 aliphatic carbocycles. The van der Waals surface area contributed by atoms with E-state index in [1.165, 1.54) is 0 Å². The number of carbonyl (C=O) groups excluding carboxylic acids is 1. The Kier molecular flexibility index (Phi) is 2.38. The molecule has 0 spiro atoms. The molecule has 94 valence electrons. The van der Waals surface area contributed by atoms with Gasteiger partial charge in [0.25, 0.3) is 0 Å². The standard InChI is InChI=1S/C15H11NO3/c16-14(17)10-5-1-3-8-7-9-4-2-6-11(15(18)19)13(9)12(8)10/h1-6H,7H2,(H2,16,17)(H,18,19). The Morgan fingerprint density at radius 1 is 0.947 bits per heavy atom. The first-order valence-corrected chi connectivity index (χ1v) is 5.87. The van der Waals surface area contributed by atoms with Crippen molar-refractivity contribution in [3.05, 3.63) is 58.7 Å². The van der Waals surface area contributed by atoms with Crippen LogP contribution in [0.15, 0.2) is 36.4 Å². The Morgan fingerprint density at radius 2 is 1.47 bits per heavy atom. The third kappa shape index (κ3) is 1.61. The van der Waals surface area contributed by atoms with Crippen LogP contribution in [0.4, 0.5) is 0 Å². The van der Waals surface area contributed by atoms with Crippen molar-refractivity contribution in [3.8, 4) is 11.1 Å². The summed E-state index contributed by atoms with van der Waals surface area (Å²) in [6, 6.07) is 10.5. The van der Waals surface area contributed by atoms with Gasteiger partial charge in [-0.25, -0.2) is 4.79 Å². The number of primary amides is 1. The SMILES string of the molecule is NC(=O)c1cccc2c1-c1c(cccc1C(=O)O)C2. The number of rotatable bonds is 2. The largest absolute Gasteiger partial charge is 0.478 e. The van der Waals surface area contributed by atoms with Gasteiger partial charge in [0, 0.05) is 11.1 Å². The predicted octanol–water partition coefficient (Wildman–Crippen LogP) is 2.05. The molecule has 4 nitrogen and oxygen atoms in total. The van der Waals surface area contributed by atoms with Crippen molar-refractivity contribution >= 4 is 11.9 Å². The molecule has 0 aliphatic heterocycles. The summed E-state index contributed by atoms with van der Waals surface area (Å²) in [5.74, 6) is -1.53. The van der Waals surface area contributed by atoms with Crippen LogP contribution in [0.25, 0.3) is 11.1 Å². The summed E-state index contributed by atoms with van der Waals surface area (Å²) in [6.45, 7) is 0. The van der Waals surface area contributed by atoms with Gasteiger partial charge in [0.1, 0.15) is 0 Å². The number of benzene rings is 2. The van der Waals surface area contributed by atoms with E-state index in [9.17, 15) is 14.7 Å². The molecule has 0 saturated heterocycles. The third-order valence-corrected chi connectivity index (χ3v) is 3.43. The van der Waals surface area contributed by atoms with Gasteiger partial charge in [-0.2, -0.15) is 0 Å². The summed E-state index contributed by atoms with van der Waals surface area (Å²) in [5, 5.41) is 9.29. The zero-order chi connectivity index (χ0) is 13.6. The number of amides is 1. The molecule has 0 bridgehead atoms. The average molecular weight is 253 g/mol. The van der Waals surface area contributed by atoms with E-state index in [0.717, 1.165) is 11.1 Å². The van der Waals surface area contributed by atoms with E-state index in [1.807, 2.05) is 12.1 Å². The van der Waals surface area contributed by atoms with Crippen molar-refractivity contribution < 1.29 is 14.7 Å². The summed E-state index contributed by atoms with van der Waals surface area (Å²) >= 11 is 0. The monoisotopic (exact) mass is 253 g/mol. The van der Waals surface area contributed by atoms with Crippen molar-refractivity contribution in [2.45, 2.75) is 6.42 Å². The Morgan fingerprint density at radius 3 is 2.00 bits per heavy atom. The second-order valence-corrected chi connectivity index (χ2v) is 4.53. The van der Waals surface area contributed by atoms with E-state index in [2.05, 4.69) is 0 Å². The maximum Gasteiger partial charge on any atom is 0.336 e. The maximum absolute atomic E-state index is 11.5. The Balaban J connectivity index is 2.38. The normalized spacial score (nSPS) is 11.8. The summed E-state index contributed by atoms with van der Waals surface area (Å²) in [5.41, 5.74) is 9.13. The molecule has 1 amide bonds. The van der Waals surface area contributed by atoms with Crippen LogP contribution in [0, 0.1) is 0 Å². The van der Waals surface area contributed by atoms with Crippen molar-refractivity contribution in [3.63, 3.8) is 0 Å². The fourth-order valence-electron chi connectivity index (χ4n) is 2.67. The van der Waals surface area contributed by atoms with Crippen LogP contribution >= 0.6 is 0 Å². The number of hydrogen-bond donors (Lipinski definition) is 2. The van der Waals surface area contributed by atoms with Crippen molar-refractivity contribution in [1.82, 2.24) is 0 Å². The fraction of sp³-hybridized carbons (Fsp3) is 0.0667. The van der Waals surface area contributed by atoms with Gasteiger partial charge in [0.2, 0.25) is 5.91 Å². The number of fused-ring (bicyclic) bond motifs is 3. The molecule has 3 N–H and O–H groups in total. The van der Waals surface area contributed by atoms with E-state index < -0.39 is 11.9 Å². The predicted molar refractivity (Wildman–Crippen MR) is 70.2 cm³/mol. The molecule has 0 heterocycles. The van der Waals surface area contributed by atoms with E-state index in [0.29, 0.717) is 23.1 Å². The molecule has 3 rings (SSSR count). The molecular formula is C15H11NO3. The topological polar surface area (TPSA) is 80.4 Å².